The second-order valence-electron chi connectivity index (χ2n) is 8.02. The lowest BCUT2D eigenvalue weighted by atomic mass is 9.79. The van der Waals surface area contributed by atoms with Gasteiger partial charge in [-0.1, -0.05) is 12.1 Å². The van der Waals surface area contributed by atoms with Crippen molar-refractivity contribution in [1.82, 2.24) is 0 Å². The number of esters is 1. The molecular formula is C24H22F4O4. The van der Waals surface area contributed by atoms with Crippen molar-refractivity contribution >= 4 is 11.5 Å². The predicted molar refractivity (Wildman–Crippen MR) is 109 cm³/mol. The topological polar surface area (TPSA) is 44.8 Å². The summed E-state index contributed by atoms with van der Waals surface area (Å²) in [6, 6.07) is 9.13. The van der Waals surface area contributed by atoms with Crippen molar-refractivity contribution in [3.63, 3.8) is 0 Å². The highest BCUT2D eigenvalue weighted by Gasteiger charge is 2.54. The molecule has 32 heavy (non-hydrogen) atoms. The number of carbonyl (C=O) groups excluding carboxylic acids is 1. The van der Waals surface area contributed by atoms with Crippen molar-refractivity contribution < 1.29 is 36.6 Å². The molecule has 0 amide bonds. The second kappa shape index (κ2) is 8.24. The van der Waals surface area contributed by atoms with Gasteiger partial charge in [-0.3, -0.25) is 4.79 Å². The van der Waals surface area contributed by atoms with E-state index in [4.69, 9.17) is 14.2 Å². The molecule has 0 aromatic heterocycles. The normalized spacial score (nSPS) is 25.1. The number of hydrogen-bond donors (Lipinski definition) is 0. The molecule has 0 N–H and O–H groups in total. The average molecular weight is 450 g/mol. The van der Waals surface area contributed by atoms with E-state index in [1.165, 1.54) is 32.4 Å². The summed E-state index contributed by atoms with van der Waals surface area (Å²) in [5.41, 5.74) is -0.174. The van der Waals surface area contributed by atoms with Crippen LogP contribution >= 0.6 is 0 Å². The summed E-state index contributed by atoms with van der Waals surface area (Å²) < 4.78 is 69.9. The maximum absolute atomic E-state index is 13.5. The molecular weight excluding hydrogens is 428 g/mol. The van der Waals surface area contributed by atoms with Crippen molar-refractivity contribution in [3.8, 4) is 5.75 Å². The van der Waals surface area contributed by atoms with Gasteiger partial charge in [-0.15, -0.1) is 0 Å². The van der Waals surface area contributed by atoms with Crippen LogP contribution in [0.4, 0.5) is 17.6 Å². The Bertz CT molecular complexity index is 1040. The molecule has 1 spiro atoms. The Hall–Kier alpha value is -2.87. The zero-order valence-corrected chi connectivity index (χ0v) is 17.5. The van der Waals surface area contributed by atoms with Crippen LogP contribution in [0.25, 0.3) is 5.57 Å². The third-order valence-corrected chi connectivity index (χ3v) is 6.30. The van der Waals surface area contributed by atoms with Crippen LogP contribution in [0.5, 0.6) is 5.75 Å². The molecule has 4 rings (SSSR count). The van der Waals surface area contributed by atoms with Crippen molar-refractivity contribution in [2.75, 3.05) is 20.8 Å². The minimum Gasteiger partial charge on any atom is -0.496 e. The SMILES string of the molecule is COC(=O)[C@H]1CC[C@@]2(C=C(c3cc(C(F)(F)F)ccc3OC)CO2)[C@@H]1c1ccc(F)cc1. The number of benzene rings is 2. The molecule has 2 aromatic carbocycles. The zero-order valence-electron chi connectivity index (χ0n) is 17.5. The number of halogens is 4. The molecule has 1 aliphatic heterocycles. The Morgan fingerprint density at radius 3 is 2.47 bits per heavy atom. The molecule has 170 valence electrons. The smallest absolute Gasteiger partial charge is 0.416 e. The molecule has 1 aliphatic carbocycles. The van der Waals surface area contributed by atoms with E-state index in [9.17, 15) is 22.4 Å². The van der Waals surface area contributed by atoms with E-state index in [0.717, 1.165) is 12.1 Å². The van der Waals surface area contributed by atoms with E-state index in [0.29, 0.717) is 35.3 Å². The first-order chi connectivity index (χ1) is 15.2. The van der Waals surface area contributed by atoms with E-state index >= 15 is 0 Å². The van der Waals surface area contributed by atoms with Crippen LogP contribution in [-0.4, -0.2) is 32.4 Å². The number of carbonyl (C=O) groups is 1. The van der Waals surface area contributed by atoms with Gasteiger partial charge in [-0.05, 0) is 60.4 Å². The highest BCUT2D eigenvalue weighted by atomic mass is 19.4. The number of ether oxygens (including phenoxy) is 3. The van der Waals surface area contributed by atoms with Crippen molar-refractivity contribution in [2.24, 2.45) is 5.92 Å². The first-order valence-corrected chi connectivity index (χ1v) is 10.1. The quantitative estimate of drug-likeness (QED) is 0.464. The van der Waals surface area contributed by atoms with Gasteiger partial charge in [-0.25, -0.2) is 4.39 Å². The Morgan fingerprint density at radius 2 is 1.84 bits per heavy atom. The molecule has 0 saturated heterocycles. The molecule has 0 bridgehead atoms. The third kappa shape index (κ3) is 3.88. The van der Waals surface area contributed by atoms with Gasteiger partial charge in [0.2, 0.25) is 0 Å². The number of rotatable bonds is 4. The van der Waals surface area contributed by atoms with Gasteiger partial charge >= 0.3 is 12.1 Å². The molecule has 2 aliphatic rings. The summed E-state index contributed by atoms with van der Waals surface area (Å²) in [5.74, 6) is -1.51. The molecule has 3 atom stereocenters. The Labute approximate surface area is 182 Å². The fraction of sp³-hybridized carbons (Fsp3) is 0.375. The fourth-order valence-electron chi connectivity index (χ4n) is 4.84. The van der Waals surface area contributed by atoms with Crippen molar-refractivity contribution in [1.29, 1.82) is 0 Å². The second-order valence-corrected chi connectivity index (χ2v) is 8.02. The minimum atomic E-state index is -4.50. The highest BCUT2D eigenvalue weighted by molar-refractivity contribution is 5.78. The Balaban J connectivity index is 1.79. The number of alkyl halides is 3. The van der Waals surface area contributed by atoms with Gasteiger partial charge < -0.3 is 14.2 Å². The number of hydrogen-bond acceptors (Lipinski definition) is 4. The van der Waals surface area contributed by atoms with Gasteiger partial charge in [0.05, 0.1) is 37.9 Å². The molecule has 1 saturated carbocycles. The van der Waals surface area contributed by atoms with E-state index in [1.807, 2.05) is 0 Å². The van der Waals surface area contributed by atoms with Gasteiger partial charge in [0.15, 0.2) is 0 Å². The van der Waals surface area contributed by atoms with Crippen LogP contribution in [-0.2, 0) is 20.4 Å². The maximum atomic E-state index is 13.5. The molecule has 4 nitrogen and oxygen atoms in total. The molecule has 0 unspecified atom stereocenters. The molecule has 8 heteroatoms. The van der Waals surface area contributed by atoms with E-state index in [-0.39, 0.29) is 6.61 Å². The third-order valence-electron chi connectivity index (χ3n) is 6.30. The first-order valence-electron chi connectivity index (χ1n) is 10.1. The van der Waals surface area contributed by atoms with Gasteiger partial charge in [0.1, 0.15) is 11.6 Å². The van der Waals surface area contributed by atoms with Gasteiger partial charge in [0, 0.05) is 11.5 Å². The summed E-state index contributed by atoms with van der Waals surface area (Å²) in [4.78, 5) is 12.5. The fourth-order valence-corrected chi connectivity index (χ4v) is 4.84. The summed E-state index contributed by atoms with van der Waals surface area (Å²) in [7, 11) is 2.70. The van der Waals surface area contributed by atoms with Gasteiger partial charge in [-0.2, -0.15) is 13.2 Å². The van der Waals surface area contributed by atoms with E-state index in [1.54, 1.807) is 18.2 Å². The molecule has 1 fully saturated rings. The Kier molecular flexibility index (Phi) is 5.75. The van der Waals surface area contributed by atoms with Crippen LogP contribution < -0.4 is 4.74 Å². The van der Waals surface area contributed by atoms with Crippen LogP contribution in [0.1, 0.15) is 35.4 Å². The molecule has 0 radical (unpaired) electrons. The monoisotopic (exact) mass is 450 g/mol. The zero-order chi connectivity index (χ0) is 23.1. The average Bonchev–Trinajstić information content (AvgIpc) is 3.37. The summed E-state index contributed by atoms with van der Waals surface area (Å²) in [5, 5.41) is 0. The lowest BCUT2D eigenvalue weighted by Crippen LogP contribution is -2.34. The first kappa shape index (κ1) is 22.3. The van der Waals surface area contributed by atoms with Crippen molar-refractivity contribution in [3.05, 3.63) is 71.0 Å². The minimum absolute atomic E-state index is 0.0588. The van der Waals surface area contributed by atoms with Crippen LogP contribution in [0, 0.1) is 11.7 Å². The standard InChI is InChI=1S/C24H22F4O4/c1-30-20-8-5-16(24(26,27)28)11-19(20)15-12-23(32-13-15)10-9-18(22(29)31-2)21(23)14-3-6-17(25)7-4-14/h3-8,11-12,18,21H,9-10,13H2,1-2H3/t18-,21+,23+/m0/s1. The van der Waals surface area contributed by atoms with Crippen LogP contribution in [0.2, 0.25) is 0 Å². The van der Waals surface area contributed by atoms with E-state index in [2.05, 4.69) is 0 Å². The molecule has 1 heterocycles. The predicted octanol–water partition coefficient (Wildman–Crippen LogP) is 5.37. The maximum Gasteiger partial charge on any atom is 0.416 e. The molecule has 2 aromatic rings. The largest absolute Gasteiger partial charge is 0.496 e. The van der Waals surface area contributed by atoms with Crippen LogP contribution in [0.15, 0.2) is 48.5 Å². The lowest BCUT2D eigenvalue weighted by molar-refractivity contribution is -0.146. The van der Waals surface area contributed by atoms with Crippen LogP contribution in [0.3, 0.4) is 0 Å². The summed E-state index contributed by atoms with van der Waals surface area (Å²) >= 11 is 0. The summed E-state index contributed by atoms with van der Waals surface area (Å²) in [6.45, 7) is 0.0588. The van der Waals surface area contributed by atoms with Gasteiger partial charge in [0.25, 0.3) is 0 Å². The van der Waals surface area contributed by atoms with E-state index < -0.39 is 41.0 Å². The number of methoxy groups -OCH3 is 2. The summed E-state index contributed by atoms with van der Waals surface area (Å²) in [6.07, 6.45) is -1.77. The lowest BCUT2D eigenvalue weighted by Gasteiger charge is -2.31. The highest BCUT2D eigenvalue weighted by Crippen LogP contribution is 2.54. The Morgan fingerprint density at radius 1 is 1.12 bits per heavy atom. The van der Waals surface area contributed by atoms with Crippen molar-refractivity contribution in [2.45, 2.75) is 30.5 Å².